The van der Waals surface area contributed by atoms with Gasteiger partial charge < -0.3 is 4.90 Å². The molecule has 1 atom stereocenters. The Morgan fingerprint density at radius 2 is 1.72 bits per heavy atom. The molecule has 2 aliphatic heterocycles. The van der Waals surface area contributed by atoms with E-state index in [0.717, 1.165) is 5.69 Å². The van der Waals surface area contributed by atoms with Gasteiger partial charge in [-0.1, -0.05) is 49.4 Å². The number of anilines is 2. The first-order valence-electron chi connectivity index (χ1n) is 8.15. The zero-order valence-electron chi connectivity index (χ0n) is 14.4. The maximum Gasteiger partial charge on any atom is 0.294 e. The van der Waals surface area contributed by atoms with Crippen molar-refractivity contribution in [3.05, 3.63) is 64.2 Å². The molecule has 4 rings (SSSR count). The van der Waals surface area contributed by atoms with Gasteiger partial charge in [-0.2, -0.15) is 5.11 Å². The van der Waals surface area contributed by atoms with Crippen molar-refractivity contribution in [2.45, 2.75) is 24.9 Å². The molecule has 1 spiro atoms. The van der Waals surface area contributed by atoms with E-state index in [1.807, 2.05) is 19.2 Å². The lowest BCUT2D eigenvalue weighted by Crippen LogP contribution is -2.64. The fourth-order valence-corrected chi connectivity index (χ4v) is 4.22. The fourth-order valence-electron chi connectivity index (χ4n) is 4.22. The Kier molecular flexibility index (Phi) is 3.12. The molecule has 0 bridgehead atoms. The van der Waals surface area contributed by atoms with Gasteiger partial charge in [0.1, 0.15) is 12.2 Å². The molecule has 7 heteroatoms. The number of nitro benzene ring substituents is 1. The molecule has 0 aromatic heterocycles. The Morgan fingerprint density at radius 3 is 2.40 bits per heavy atom. The summed E-state index contributed by atoms with van der Waals surface area (Å²) in [5, 5.41) is 21.9. The van der Waals surface area contributed by atoms with Crippen LogP contribution in [-0.2, 0) is 5.41 Å². The SMILES string of the molecule is CN1c2ccccc2C(C)(C)C12CN=NN2c1ccccc1[N+](=O)[O-]. The van der Waals surface area contributed by atoms with E-state index >= 15 is 0 Å². The van der Waals surface area contributed by atoms with E-state index in [1.54, 1.807) is 23.2 Å². The first kappa shape index (κ1) is 15.6. The van der Waals surface area contributed by atoms with E-state index < -0.39 is 5.66 Å². The highest BCUT2D eigenvalue weighted by molar-refractivity contribution is 5.73. The molecule has 2 aromatic carbocycles. The molecule has 2 heterocycles. The van der Waals surface area contributed by atoms with Crippen LogP contribution in [0.25, 0.3) is 0 Å². The molecule has 25 heavy (non-hydrogen) atoms. The summed E-state index contributed by atoms with van der Waals surface area (Å²) in [6, 6.07) is 14.9. The second-order valence-corrected chi connectivity index (χ2v) is 6.96. The molecular formula is C18H19N5O2. The molecule has 2 aliphatic rings. The molecule has 0 saturated heterocycles. The zero-order valence-corrected chi connectivity index (χ0v) is 14.4. The molecule has 0 amide bonds. The van der Waals surface area contributed by atoms with Crippen molar-refractivity contribution < 1.29 is 4.92 Å². The molecule has 0 aliphatic carbocycles. The molecule has 128 valence electrons. The highest BCUT2D eigenvalue weighted by Crippen LogP contribution is 2.55. The van der Waals surface area contributed by atoms with Gasteiger partial charge in [-0.25, -0.2) is 5.01 Å². The normalized spacial score (nSPS) is 23.3. The number of benzene rings is 2. The third-order valence-electron chi connectivity index (χ3n) is 5.60. The van der Waals surface area contributed by atoms with Crippen LogP contribution in [0.1, 0.15) is 19.4 Å². The average Bonchev–Trinajstić information content (AvgIpc) is 3.13. The number of nitrogens with zero attached hydrogens (tertiary/aromatic N) is 5. The van der Waals surface area contributed by atoms with Crippen LogP contribution in [0.2, 0.25) is 0 Å². The highest BCUT2D eigenvalue weighted by atomic mass is 16.6. The predicted octanol–water partition coefficient (Wildman–Crippen LogP) is 3.91. The number of hydrogen-bond acceptors (Lipinski definition) is 6. The summed E-state index contributed by atoms with van der Waals surface area (Å²) >= 11 is 0. The lowest BCUT2D eigenvalue weighted by Gasteiger charge is -2.46. The summed E-state index contributed by atoms with van der Waals surface area (Å²) < 4.78 is 0. The van der Waals surface area contributed by atoms with Gasteiger partial charge in [0.2, 0.25) is 0 Å². The van der Waals surface area contributed by atoms with Gasteiger partial charge in [0, 0.05) is 24.2 Å². The Hall–Kier alpha value is -2.96. The minimum Gasteiger partial charge on any atom is -0.348 e. The van der Waals surface area contributed by atoms with E-state index in [-0.39, 0.29) is 16.0 Å². The Labute approximate surface area is 145 Å². The average molecular weight is 337 g/mol. The van der Waals surface area contributed by atoms with Gasteiger partial charge in [-0.15, -0.1) is 0 Å². The summed E-state index contributed by atoms with van der Waals surface area (Å²) in [4.78, 5) is 13.3. The van der Waals surface area contributed by atoms with Gasteiger partial charge in [-0.05, 0) is 17.7 Å². The van der Waals surface area contributed by atoms with Crippen LogP contribution in [0.3, 0.4) is 0 Å². The predicted molar refractivity (Wildman–Crippen MR) is 95.9 cm³/mol. The zero-order chi connectivity index (χ0) is 17.8. The van der Waals surface area contributed by atoms with E-state index in [4.69, 9.17) is 0 Å². The highest BCUT2D eigenvalue weighted by Gasteiger charge is 2.62. The molecule has 0 saturated carbocycles. The summed E-state index contributed by atoms with van der Waals surface area (Å²) in [6.07, 6.45) is 0. The van der Waals surface area contributed by atoms with Crippen molar-refractivity contribution in [3.63, 3.8) is 0 Å². The topological polar surface area (TPSA) is 74.3 Å². The number of para-hydroxylation sites is 3. The number of fused-ring (bicyclic) bond motifs is 1. The van der Waals surface area contributed by atoms with Crippen LogP contribution in [0, 0.1) is 10.1 Å². The van der Waals surface area contributed by atoms with Crippen molar-refractivity contribution in [2.75, 3.05) is 23.5 Å². The molecule has 0 radical (unpaired) electrons. The molecule has 7 nitrogen and oxygen atoms in total. The van der Waals surface area contributed by atoms with E-state index in [0.29, 0.717) is 12.2 Å². The Morgan fingerprint density at radius 1 is 1.08 bits per heavy atom. The first-order chi connectivity index (χ1) is 11.9. The van der Waals surface area contributed by atoms with Crippen molar-refractivity contribution in [1.82, 2.24) is 0 Å². The van der Waals surface area contributed by atoms with Crippen molar-refractivity contribution in [3.8, 4) is 0 Å². The third kappa shape index (κ3) is 1.80. The van der Waals surface area contributed by atoms with Crippen LogP contribution < -0.4 is 9.91 Å². The first-order valence-corrected chi connectivity index (χ1v) is 8.15. The minimum atomic E-state index is -0.622. The summed E-state index contributed by atoms with van der Waals surface area (Å²) in [5.74, 6) is 0. The van der Waals surface area contributed by atoms with Crippen LogP contribution in [0.5, 0.6) is 0 Å². The van der Waals surface area contributed by atoms with Crippen molar-refractivity contribution in [1.29, 1.82) is 0 Å². The number of nitro groups is 1. The largest absolute Gasteiger partial charge is 0.348 e. The van der Waals surface area contributed by atoms with E-state index in [1.165, 1.54) is 11.6 Å². The smallest absolute Gasteiger partial charge is 0.294 e. The van der Waals surface area contributed by atoms with Crippen LogP contribution in [0.15, 0.2) is 58.9 Å². The van der Waals surface area contributed by atoms with Crippen LogP contribution in [-0.4, -0.2) is 24.2 Å². The van der Waals surface area contributed by atoms with Gasteiger partial charge in [0.15, 0.2) is 5.66 Å². The lowest BCUT2D eigenvalue weighted by molar-refractivity contribution is -0.384. The standard InChI is InChI=1S/C18H19N5O2/c1-17(2)13-8-4-5-9-14(13)21(3)18(17)12-19-20-22(18)15-10-6-7-11-16(15)23(24)25/h4-11H,12H2,1-3H3. The molecule has 0 fully saturated rings. The monoisotopic (exact) mass is 337 g/mol. The molecular weight excluding hydrogens is 318 g/mol. The summed E-state index contributed by atoms with van der Waals surface area (Å²) in [7, 11) is 2.01. The van der Waals surface area contributed by atoms with Crippen molar-refractivity contribution >= 4 is 17.1 Å². The van der Waals surface area contributed by atoms with E-state index in [9.17, 15) is 10.1 Å². The number of likely N-dealkylation sites (N-methyl/N-ethyl adjacent to an activating group) is 1. The van der Waals surface area contributed by atoms with Gasteiger partial charge in [0.05, 0.1) is 4.92 Å². The Balaban J connectivity index is 1.93. The van der Waals surface area contributed by atoms with Gasteiger partial charge in [0.25, 0.3) is 5.69 Å². The summed E-state index contributed by atoms with van der Waals surface area (Å²) in [6.45, 7) is 4.73. The minimum absolute atomic E-state index is 0.0304. The van der Waals surface area contributed by atoms with Crippen LogP contribution in [0.4, 0.5) is 17.1 Å². The lowest BCUT2D eigenvalue weighted by atomic mass is 9.75. The maximum absolute atomic E-state index is 11.5. The molecule has 2 aromatic rings. The second kappa shape index (κ2) is 5.02. The number of rotatable bonds is 2. The van der Waals surface area contributed by atoms with Gasteiger partial charge in [-0.3, -0.25) is 10.1 Å². The van der Waals surface area contributed by atoms with Gasteiger partial charge >= 0.3 is 0 Å². The Bertz CT molecular complexity index is 895. The van der Waals surface area contributed by atoms with E-state index in [2.05, 4.69) is 41.2 Å². The molecule has 0 N–H and O–H groups in total. The third-order valence-corrected chi connectivity index (χ3v) is 5.60. The fraction of sp³-hybridized carbons (Fsp3) is 0.333. The quantitative estimate of drug-likeness (QED) is 0.615. The maximum atomic E-state index is 11.5. The van der Waals surface area contributed by atoms with Crippen molar-refractivity contribution in [2.24, 2.45) is 10.3 Å². The molecule has 1 unspecified atom stereocenters. The summed E-state index contributed by atoms with van der Waals surface area (Å²) in [5.41, 5.74) is 1.83. The van der Waals surface area contributed by atoms with Crippen LogP contribution >= 0.6 is 0 Å². The second-order valence-electron chi connectivity index (χ2n) is 6.96. The number of hydrogen-bond donors (Lipinski definition) is 0.